The molecule has 0 saturated heterocycles. The second-order valence-corrected chi connectivity index (χ2v) is 8.19. The van der Waals surface area contributed by atoms with E-state index in [-0.39, 0.29) is 29.2 Å². The monoisotopic (exact) mass is 469 g/mol. The predicted molar refractivity (Wildman–Crippen MR) is 123 cm³/mol. The smallest absolute Gasteiger partial charge is 0.248 e. The molecule has 0 spiro atoms. The van der Waals surface area contributed by atoms with Gasteiger partial charge in [0.05, 0.1) is 5.75 Å². The molecule has 0 atom stereocenters. The van der Waals surface area contributed by atoms with Gasteiger partial charge < -0.3 is 27.4 Å². The SMILES string of the molecule is Cc1cc(C)cc(OCc2nnc(SCC(=O)Nc3cc(C(N)=O)cc(C(N)=O)c3)n2N)c1. The van der Waals surface area contributed by atoms with Crippen LogP contribution in [0.5, 0.6) is 5.75 Å². The van der Waals surface area contributed by atoms with Crippen LogP contribution in [0.1, 0.15) is 37.7 Å². The average Bonchev–Trinajstić information content (AvgIpc) is 3.09. The number of nitrogen functional groups attached to an aromatic ring is 1. The number of carbonyl (C=O) groups is 3. The van der Waals surface area contributed by atoms with Crippen LogP contribution in [0.3, 0.4) is 0 Å². The molecule has 3 rings (SSSR count). The van der Waals surface area contributed by atoms with Gasteiger partial charge in [-0.25, -0.2) is 4.68 Å². The number of benzene rings is 2. The second-order valence-electron chi connectivity index (χ2n) is 7.25. The lowest BCUT2D eigenvalue weighted by Gasteiger charge is -2.09. The lowest BCUT2D eigenvalue weighted by atomic mass is 10.1. The third-order valence-corrected chi connectivity index (χ3v) is 5.36. The summed E-state index contributed by atoms with van der Waals surface area (Å²) in [5.41, 5.74) is 13.0. The predicted octanol–water partition coefficient (Wildman–Crippen LogP) is 1.12. The summed E-state index contributed by atoms with van der Waals surface area (Å²) >= 11 is 1.06. The molecule has 0 aliphatic rings. The molecule has 0 aliphatic carbocycles. The highest BCUT2D eigenvalue weighted by molar-refractivity contribution is 7.99. The van der Waals surface area contributed by atoms with Crippen molar-refractivity contribution in [1.29, 1.82) is 0 Å². The normalized spacial score (nSPS) is 10.6. The standard InChI is InChI=1S/C21H23N7O4S/c1-11-3-12(2)5-16(4-11)32-9-17-26-27-21(28(17)24)33-10-18(29)25-15-7-13(19(22)30)6-14(8-15)20(23)31/h3-8H,9-10,24H2,1-2H3,(H2,22,30)(H2,23,31)(H,25,29). The van der Waals surface area contributed by atoms with Crippen LogP contribution in [0, 0.1) is 13.8 Å². The topological polar surface area (TPSA) is 181 Å². The van der Waals surface area contributed by atoms with Crippen molar-refractivity contribution < 1.29 is 19.1 Å². The van der Waals surface area contributed by atoms with E-state index >= 15 is 0 Å². The van der Waals surface area contributed by atoms with Gasteiger partial charge in [-0.15, -0.1) is 10.2 Å². The van der Waals surface area contributed by atoms with Gasteiger partial charge in [-0.1, -0.05) is 17.8 Å². The molecular weight excluding hydrogens is 446 g/mol. The third kappa shape index (κ3) is 6.23. The maximum absolute atomic E-state index is 12.4. The summed E-state index contributed by atoms with van der Waals surface area (Å²) in [4.78, 5) is 35.3. The average molecular weight is 470 g/mol. The van der Waals surface area contributed by atoms with Crippen LogP contribution in [-0.4, -0.2) is 38.3 Å². The van der Waals surface area contributed by atoms with E-state index in [9.17, 15) is 14.4 Å². The van der Waals surface area contributed by atoms with Gasteiger partial charge in [-0.05, 0) is 55.3 Å². The molecule has 11 nitrogen and oxygen atoms in total. The van der Waals surface area contributed by atoms with Gasteiger partial charge in [0.2, 0.25) is 22.9 Å². The molecule has 3 amide bonds. The Morgan fingerprint density at radius 2 is 1.58 bits per heavy atom. The fourth-order valence-electron chi connectivity index (χ4n) is 2.98. The van der Waals surface area contributed by atoms with Gasteiger partial charge in [-0.3, -0.25) is 14.4 Å². The Kier molecular flexibility index (Phi) is 7.18. The Balaban J connectivity index is 1.60. The van der Waals surface area contributed by atoms with Crippen molar-refractivity contribution in [2.75, 3.05) is 16.9 Å². The Bertz CT molecular complexity index is 1170. The van der Waals surface area contributed by atoms with Crippen LogP contribution in [0.25, 0.3) is 0 Å². The lowest BCUT2D eigenvalue weighted by molar-refractivity contribution is -0.113. The minimum atomic E-state index is -0.755. The first-order valence-corrected chi connectivity index (χ1v) is 10.7. The van der Waals surface area contributed by atoms with Crippen molar-refractivity contribution in [2.24, 2.45) is 11.5 Å². The molecule has 0 radical (unpaired) electrons. The van der Waals surface area contributed by atoms with Gasteiger partial charge in [0.1, 0.15) is 12.4 Å². The van der Waals surface area contributed by atoms with Crippen LogP contribution < -0.4 is 27.4 Å². The lowest BCUT2D eigenvalue weighted by Crippen LogP contribution is -2.20. The molecule has 0 bridgehead atoms. The van der Waals surface area contributed by atoms with Crippen molar-refractivity contribution in [3.8, 4) is 5.75 Å². The fourth-order valence-corrected chi connectivity index (χ4v) is 3.66. The molecule has 0 unspecified atom stereocenters. The molecule has 1 aromatic heterocycles. The summed E-state index contributed by atoms with van der Waals surface area (Å²) in [7, 11) is 0. The first kappa shape index (κ1) is 23.6. The molecule has 12 heteroatoms. The zero-order chi connectivity index (χ0) is 24.1. The Morgan fingerprint density at radius 1 is 0.970 bits per heavy atom. The van der Waals surface area contributed by atoms with E-state index in [1.807, 2.05) is 32.0 Å². The number of anilines is 1. The van der Waals surface area contributed by atoms with Crippen LogP contribution in [-0.2, 0) is 11.4 Å². The molecular formula is C21H23N7O4S. The van der Waals surface area contributed by atoms with E-state index in [4.69, 9.17) is 22.0 Å². The van der Waals surface area contributed by atoms with Crippen molar-refractivity contribution in [1.82, 2.24) is 14.9 Å². The largest absolute Gasteiger partial charge is 0.486 e. The highest BCUT2D eigenvalue weighted by Crippen LogP contribution is 2.20. The molecule has 0 aliphatic heterocycles. The molecule has 1 heterocycles. The third-order valence-electron chi connectivity index (χ3n) is 4.42. The zero-order valence-electron chi connectivity index (χ0n) is 18.0. The van der Waals surface area contributed by atoms with Crippen molar-refractivity contribution in [3.63, 3.8) is 0 Å². The quantitative estimate of drug-likeness (QED) is 0.265. The fraction of sp³-hybridized carbons (Fsp3) is 0.190. The second kappa shape index (κ2) is 10.0. The van der Waals surface area contributed by atoms with Gasteiger partial charge in [0.25, 0.3) is 0 Å². The maximum Gasteiger partial charge on any atom is 0.248 e. The number of thioether (sulfide) groups is 1. The molecule has 172 valence electrons. The number of hydrogen-bond donors (Lipinski definition) is 4. The first-order chi connectivity index (χ1) is 15.6. The van der Waals surface area contributed by atoms with E-state index in [1.165, 1.54) is 22.9 Å². The molecule has 2 aromatic carbocycles. The summed E-state index contributed by atoms with van der Waals surface area (Å²) in [6.45, 7) is 4.06. The highest BCUT2D eigenvalue weighted by atomic mass is 32.2. The van der Waals surface area contributed by atoms with E-state index < -0.39 is 17.7 Å². The van der Waals surface area contributed by atoms with Crippen molar-refractivity contribution in [3.05, 3.63) is 64.5 Å². The van der Waals surface area contributed by atoms with Gasteiger partial charge in [0, 0.05) is 16.8 Å². The summed E-state index contributed by atoms with van der Waals surface area (Å²) < 4.78 is 7.00. The summed E-state index contributed by atoms with van der Waals surface area (Å²) in [5.74, 6) is 5.12. The first-order valence-electron chi connectivity index (χ1n) is 9.70. The number of nitrogens with two attached hydrogens (primary N) is 3. The number of amides is 3. The molecule has 0 saturated carbocycles. The van der Waals surface area contributed by atoms with E-state index in [0.29, 0.717) is 16.7 Å². The van der Waals surface area contributed by atoms with Crippen molar-refractivity contribution >= 4 is 35.2 Å². The number of nitrogens with zero attached hydrogens (tertiary/aromatic N) is 3. The molecule has 33 heavy (non-hydrogen) atoms. The highest BCUT2D eigenvalue weighted by Gasteiger charge is 2.15. The van der Waals surface area contributed by atoms with Crippen LogP contribution >= 0.6 is 11.8 Å². The minimum Gasteiger partial charge on any atom is -0.486 e. The van der Waals surface area contributed by atoms with Gasteiger partial charge >= 0.3 is 0 Å². The number of primary amides is 2. The van der Waals surface area contributed by atoms with Gasteiger partial charge in [0.15, 0.2) is 5.82 Å². The van der Waals surface area contributed by atoms with E-state index in [2.05, 4.69) is 15.5 Å². The number of nitrogens with one attached hydrogen (secondary N) is 1. The Morgan fingerprint density at radius 3 is 2.15 bits per heavy atom. The number of ether oxygens (including phenoxy) is 1. The number of carbonyl (C=O) groups excluding carboxylic acids is 3. The Hall–Kier alpha value is -4.06. The number of aromatic nitrogens is 3. The minimum absolute atomic E-state index is 0.0457. The van der Waals surface area contributed by atoms with E-state index in [1.54, 1.807) is 0 Å². The number of rotatable bonds is 9. The van der Waals surface area contributed by atoms with Crippen LogP contribution in [0.15, 0.2) is 41.6 Å². The zero-order valence-corrected chi connectivity index (χ0v) is 18.8. The summed E-state index contributed by atoms with van der Waals surface area (Å²) in [6.07, 6.45) is 0. The molecule has 7 N–H and O–H groups in total. The number of aryl methyl sites for hydroxylation is 2. The van der Waals surface area contributed by atoms with Crippen LogP contribution in [0.4, 0.5) is 5.69 Å². The molecule has 3 aromatic rings. The Labute approximate surface area is 193 Å². The summed E-state index contributed by atoms with van der Waals surface area (Å²) in [5, 5.41) is 10.9. The molecule has 0 fully saturated rings. The van der Waals surface area contributed by atoms with E-state index in [0.717, 1.165) is 22.9 Å². The van der Waals surface area contributed by atoms with Crippen molar-refractivity contribution in [2.45, 2.75) is 25.6 Å². The van der Waals surface area contributed by atoms with Crippen LogP contribution in [0.2, 0.25) is 0 Å². The number of hydrogen-bond acceptors (Lipinski definition) is 8. The summed E-state index contributed by atoms with van der Waals surface area (Å²) in [6, 6.07) is 9.81. The maximum atomic E-state index is 12.4. The van der Waals surface area contributed by atoms with Gasteiger partial charge in [-0.2, -0.15) is 0 Å².